The molecule has 2 nitrogen and oxygen atoms in total. The Morgan fingerprint density at radius 3 is 2.73 bits per heavy atom. The molecule has 1 heterocycles. The summed E-state index contributed by atoms with van der Waals surface area (Å²) in [5, 5.41) is 0. The van der Waals surface area contributed by atoms with Crippen molar-refractivity contribution in [2.24, 2.45) is 5.41 Å². The molecule has 90 valence electrons. The van der Waals surface area contributed by atoms with Crippen molar-refractivity contribution < 1.29 is 9.47 Å². The topological polar surface area (TPSA) is 18.5 Å². The van der Waals surface area contributed by atoms with Crippen LogP contribution in [-0.2, 0) is 9.47 Å². The van der Waals surface area contributed by atoms with Crippen LogP contribution in [0.3, 0.4) is 0 Å². The zero-order chi connectivity index (χ0) is 11.1. The van der Waals surface area contributed by atoms with Gasteiger partial charge in [0, 0.05) is 6.61 Å². The highest BCUT2D eigenvalue weighted by molar-refractivity contribution is 4.68. The van der Waals surface area contributed by atoms with Crippen LogP contribution in [0.15, 0.2) is 0 Å². The van der Waals surface area contributed by atoms with Crippen LogP contribution in [-0.4, -0.2) is 19.5 Å². The van der Waals surface area contributed by atoms with Gasteiger partial charge in [-0.2, -0.15) is 0 Å². The summed E-state index contributed by atoms with van der Waals surface area (Å²) in [6, 6.07) is 0. The fraction of sp³-hybridized carbons (Fsp3) is 1.00. The minimum atomic E-state index is 0.0691. The summed E-state index contributed by atoms with van der Waals surface area (Å²) in [5.74, 6) is 0. The van der Waals surface area contributed by atoms with Gasteiger partial charge in [-0.25, -0.2) is 0 Å². The molecule has 0 aromatic rings. The molecule has 0 aromatic heterocycles. The van der Waals surface area contributed by atoms with E-state index >= 15 is 0 Å². The fourth-order valence-corrected chi connectivity index (χ4v) is 1.89. The van der Waals surface area contributed by atoms with Gasteiger partial charge < -0.3 is 9.47 Å². The molecule has 0 amide bonds. The minimum absolute atomic E-state index is 0.0691. The molecule has 1 aliphatic rings. The van der Waals surface area contributed by atoms with Gasteiger partial charge in [0.05, 0.1) is 6.61 Å². The second kappa shape index (κ2) is 6.49. The van der Waals surface area contributed by atoms with Crippen LogP contribution in [0.25, 0.3) is 0 Å². The maximum atomic E-state index is 5.82. The van der Waals surface area contributed by atoms with E-state index in [-0.39, 0.29) is 6.29 Å². The molecule has 1 unspecified atom stereocenters. The standard InChI is InChI=1S/C13H26O2/c1-4-5-9-13(2,3)11-15-12-8-6-7-10-14-12/h12H,4-11H2,1-3H3. The quantitative estimate of drug-likeness (QED) is 0.670. The third-order valence-corrected chi connectivity index (χ3v) is 3.00. The zero-order valence-corrected chi connectivity index (χ0v) is 10.6. The molecule has 0 N–H and O–H groups in total. The van der Waals surface area contributed by atoms with Gasteiger partial charge in [-0.15, -0.1) is 0 Å². The second-order valence-electron chi connectivity index (χ2n) is 5.37. The van der Waals surface area contributed by atoms with E-state index < -0.39 is 0 Å². The van der Waals surface area contributed by atoms with E-state index in [0.717, 1.165) is 19.6 Å². The molecule has 0 aromatic carbocycles. The van der Waals surface area contributed by atoms with Crippen molar-refractivity contribution >= 4 is 0 Å². The SMILES string of the molecule is CCCCC(C)(C)COC1CCCCO1. The lowest BCUT2D eigenvalue weighted by molar-refractivity contribution is -0.176. The van der Waals surface area contributed by atoms with Crippen molar-refractivity contribution in [2.75, 3.05) is 13.2 Å². The molecule has 0 bridgehead atoms. The van der Waals surface area contributed by atoms with Gasteiger partial charge in [0.2, 0.25) is 0 Å². The van der Waals surface area contributed by atoms with Gasteiger partial charge in [0.25, 0.3) is 0 Å². The van der Waals surface area contributed by atoms with Crippen molar-refractivity contribution in [3.63, 3.8) is 0 Å². The largest absolute Gasteiger partial charge is 0.353 e. The summed E-state index contributed by atoms with van der Waals surface area (Å²) >= 11 is 0. The highest BCUT2D eigenvalue weighted by Gasteiger charge is 2.21. The van der Waals surface area contributed by atoms with Gasteiger partial charge >= 0.3 is 0 Å². The molecule has 0 radical (unpaired) electrons. The minimum Gasteiger partial charge on any atom is -0.353 e. The molecule has 2 heteroatoms. The highest BCUT2D eigenvalue weighted by atomic mass is 16.7. The van der Waals surface area contributed by atoms with Crippen LogP contribution >= 0.6 is 0 Å². The second-order valence-corrected chi connectivity index (χ2v) is 5.37. The molecule has 0 saturated carbocycles. The third kappa shape index (κ3) is 5.53. The van der Waals surface area contributed by atoms with Crippen LogP contribution in [0.5, 0.6) is 0 Å². The van der Waals surface area contributed by atoms with Crippen molar-refractivity contribution in [1.82, 2.24) is 0 Å². The Labute approximate surface area is 94.3 Å². The first-order valence-electron chi connectivity index (χ1n) is 6.37. The Balaban J connectivity index is 2.15. The molecular formula is C13H26O2. The Morgan fingerprint density at radius 2 is 2.13 bits per heavy atom. The average molecular weight is 214 g/mol. The summed E-state index contributed by atoms with van der Waals surface area (Å²) in [7, 11) is 0. The first kappa shape index (κ1) is 13.0. The fourth-order valence-electron chi connectivity index (χ4n) is 1.89. The summed E-state index contributed by atoms with van der Waals surface area (Å²) < 4.78 is 11.4. The van der Waals surface area contributed by atoms with Gasteiger partial charge in [0.1, 0.15) is 0 Å². The van der Waals surface area contributed by atoms with E-state index in [0.29, 0.717) is 5.41 Å². The van der Waals surface area contributed by atoms with E-state index in [1.54, 1.807) is 0 Å². The summed E-state index contributed by atoms with van der Waals surface area (Å²) in [4.78, 5) is 0. The molecule has 1 rings (SSSR count). The summed E-state index contributed by atoms with van der Waals surface area (Å²) in [5.41, 5.74) is 0.302. The van der Waals surface area contributed by atoms with Gasteiger partial charge in [0.15, 0.2) is 6.29 Å². The summed E-state index contributed by atoms with van der Waals surface area (Å²) in [6.07, 6.45) is 7.39. The van der Waals surface area contributed by atoms with Gasteiger partial charge in [-0.05, 0) is 31.1 Å². The third-order valence-electron chi connectivity index (χ3n) is 3.00. The number of hydrogen-bond acceptors (Lipinski definition) is 2. The summed E-state index contributed by atoms with van der Waals surface area (Å²) in [6.45, 7) is 8.51. The van der Waals surface area contributed by atoms with Crippen molar-refractivity contribution in [2.45, 2.75) is 65.6 Å². The monoisotopic (exact) mass is 214 g/mol. The van der Waals surface area contributed by atoms with Crippen LogP contribution in [0.1, 0.15) is 59.3 Å². The van der Waals surface area contributed by atoms with Crippen molar-refractivity contribution in [3.05, 3.63) is 0 Å². The van der Waals surface area contributed by atoms with Crippen molar-refractivity contribution in [3.8, 4) is 0 Å². The number of hydrogen-bond donors (Lipinski definition) is 0. The van der Waals surface area contributed by atoms with Crippen molar-refractivity contribution in [1.29, 1.82) is 0 Å². The molecule has 1 fully saturated rings. The lowest BCUT2D eigenvalue weighted by Crippen LogP contribution is -2.28. The van der Waals surface area contributed by atoms with E-state index in [4.69, 9.17) is 9.47 Å². The van der Waals surface area contributed by atoms with E-state index in [1.165, 1.54) is 32.1 Å². The predicted octanol–water partition coefficient (Wildman–Crippen LogP) is 3.75. The zero-order valence-electron chi connectivity index (χ0n) is 10.6. The number of unbranched alkanes of at least 4 members (excludes halogenated alkanes) is 1. The highest BCUT2D eigenvalue weighted by Crippen LogP contribution is 2.25. The Bertz CT molecular complexity index is 160. The predicted molar refractivity (Wildman–Crippen MR) is 62.8 cm³/mol. The first-order chi connectivity index (χ1) is 7.14. The maximum Gasteiger partial charge on any atom is 0.157 e. The van der Waals surface area contributed by atoms with Crippen LogP contribution < -0.4 is 0 Å². The molecular weight excluding hydrogens is 188 g/mol. The first-order valence-corrected chi connectivity index (χ1v) is 6.37. The Hall–Kier alpha value is -0.0800. The normalized spacial score (nSPS) is 23.0. The van der Waals surface area contributed by atoms with E-state index in [9.17, 15) is 0 Å². The molecule has 1 saturated heterocycles. The van der Waals surface area contributed by atoms with E-state index in [1.807, 2.05) is 0 Å². The van der Waals surface area contributed by atoms with Gasteiger partial charge in [-0.3, -0.25) is 0 Å². The van der Waals surface area contributed by atoms with Crippen LogP contribution in [0.4, 0.5) is 0 Å². The van der Waals surface area contributed by atoms with E-state index in [2.05, 4.69) is 20.8 Å². The maximum absolute atomic E-state index is 5.82. The molecule has 0 aliphatic carbocycles. The molecule has 15 heavy (non-hydrogen) atoms. The Morgan fingerprint density at radius 1 is 1.33 bits per heavy atom. The van der Waals surface area contributed by atoms with Crippen LogP contribution in [0, 0.1) is 5.41 Å². The average Bonchev–Trinajstić information content (AvgIpc) is 2.25. The molecule has 0 spiro atoms. The lowest BCUT2D eigenvalue weighted by Gasteiger charge is -2.29. The molecule has 1 atom stereocenters. The molecule has 1 aliphatic heterocycles. The number of rotatable bonds is 6. The number of ether oxygens (including phenoxy) is 2. The van der Waals surface area contributed by atoms with Gasteiger partial charge in [-0.1, -0.05) is 33.6 Å². The Kier molecular flexibility index (Phi) is 5.62. The smallest absolute Gasteiger partial charge is 0.157 e. The lowest BCUT2D eigenvalue weighted by atomic mass is 9.88. The van der Waals surface area contributed by atoms with Crippen LogP contribution in [0.2, 0.25) is 0 Å².